The van der Waals surface area contributed by atoms with Crippen molar-refractivity contribution in [3.63, 3.8) is 0 Å². The molecule has 0 aliphatic carbocycles. The largest absolute Gasteiger partial charge is 0.294 e. The van der Waals surface area contributed by atoms with Gasteiger partial charge in [-0.2, -0.15) is 0 Å². The van der Waals surface area contributed by atoms with Crippen LogP contribution < -0.4 is 0 Å². The van der Waals surface area contributed by atoms with Gasteiger partial charge in [0.25, 0.3) is 0 Å². The highest BCUT2D eigenvalue weighted by Crippen LogP contribution is 2.49. The Labute approximate surface area is 269 Å². The molecule has 5 aromatic heterocycles. The van der Waals surface area contributed by atoms with Crippen molar-refractivity contribution in [3.8, 4) is 50.0 Å². The Morgan fingerprint density at radius 1 is 0.500 bits per heavy atom. The molecule has 0 spiro atoms. The molecule has 0 bridgehead atoms. The van der Waals surface area contributed by atoms with E-state index in [4.69, 9.17) is 9.97 Å². The molecule has 0 radical (unpaired) electrons. The number of hydrogen-bond donors (Lipinski definition) is 0. The molecule has 0 aliphatic rings. The maximum Gasteiger partial charge on any atom is 0.162 e. The van der Waals surface area contributed by atoms with E-state index in [0.717, 1.165) is 33.7 Å². The minimum absolute atomic E-state index is 0.646. The fourth-order valence-electron chi connectivity index (χ4n) is 6.39. The maximum atomic E-state index is 5.18. The first-order valence-electron chi connectivity index (χ1n) is 15.1. The first-order chi connectivity index (χ1) is 22.8. The number of thiophene rings is 1. The van der Waals surface area contributed by atoms with Crippen molar-refractivity contribution in [2.45, 2.75) is 0 Å². The van der Waals surface area contributed by atoms with Gasteiger partial charge in [0, 0.05) is 73.3 Å². The summed E-state index contributed by atoms with van der Waals surface area (Å²) in [5.74, 6) is 1.45. The van der Waals surface area contributed by atoms with Crippen LogP contribution in [0.25, 0.3) is 81.9 Å². The van der Waals surface area contributed by atoms with Crippen LogP contribution in [0.15, 0.2) is 152 Å². The van der Waals surface area contributed by atoms with Gasteiger partial charge in [0.1, 0.15) is 5.82 Å². The highest BCUT2D eigenvalue weighted by molar-refractivity contribution is 7.24. The Bertz CT molecular complexity index is 2450. The van der Waals surface area contributed by atoms with Gasteiger partial charge in [-0.3, -0.25) is 14.5 Å². The molecule has 0 amide bonds. The number of rotatable bonds is 5. The summed E-state index contributed by atoms with van der Waals surface area (Å²) >= 11 is 1.86. The molecule has 9 rings (SSSR count). The number of para-hydroxylation sites is 1. The van der Waals surface area contributed by atoms with E-state index in [2.05, 4.69) is 118 Å². The van der Waals surface area contributed by atoms with Gasteiger partial charge >= 0.3 is 0 Å². The summed E-state index contributed by atoms with van der Waals surface area (Å²) in [6, 6.07) is 44.6. The molecule has 0 saturated heterocycles. The average molecular weight is 608 g/mol. The molecule has 6 heteroatoms. The first-order valence-corrected chi connectivity index (χ1v) is 15.9. The van der Waals surface area contributed by atoms with Crippen molar-refractivity contribution in [3.05, 3.63) is 152 Å². The van der Waals surface area contributed by atoms with Gasteiger partial charge in [-0.25, -0.2) is 9.97 Å². The second-order valence-corrected chi connectivity index (χ2v) is 12.2. The summed E-state index contributed by atoms with van der Waals surface area (Å²) in [4.78, 5) is 19.9. The summed E-state index contributed by atoms with van der Waals surface area (Å²) < 4.78 is 3.55. The lowest BCUT2D eigenvalue weighted by Gasteiger charge is -2.12. The Morgan fingerprint density at radius 3 is 1.89 bits per heavy atom. The predicted octanol–water partition coefficient (Wildman–Crippen LogP) is 10.2. The van der Waals surface area contributed by atoms with Gasteiger partial charge in [0.15, 0.2) is 5.82 Å². The van der Waals surface area contributed by atoms with Gasteiger partial charge < -0.3 is 0 Å². The summed E-state index contributed by atoms with van der Waals surface area (Å²) in [5, 5.41) is 3.67. The molecule has 0 unspecified atom stereocenters. The third kappa shape index (κ3) is 4.30. The van der Waals surface area contributed by atoms with E-state index in [-0.39, 0.29) is 0 Å². The molecule has 4 aromatic carbocycles. The third-order valence-corrected chi connectivity index (χ3v) is 9.72. The van der Waals surface area contributed by atoms with Crippen LogP contribution in [0.1, 0.15) is 0 Å². The summed E-state index contributed by atoms with van der Waals surface area (Å²) in [5.41, 5.74) is 8.64. The average Bonchev–Trinajstić information content (AvgIpc) is 3.69. The second kappa shape index (κ2) is 10.9. The number of benzene rings is 4. The van der Waals surface area contributed by atoms with Crippen molar-refractivity contribution in [1.82, 2.24) is 24.5 Å². The number of fused-ring (bicyclic) bond motifs is 5. The highest BCUT2D eigenvalue weighted by Gasteiger charge is 2.22. The lowest BCUT2D eigenvalue weighted by atomic mass is 9.98. The molecule has 0 fully saturated rings. The van der Waals surface area contributed by atoms with Crippen LogP contribution in [-0.4, -0.2) is 24.5 Å². The van der Waals surface area contributed by atoms with Gasteiger partial charge in [-0.15, -0.1) is 11.3 Å². The van der Waals surface area contributed by atoms with Crippen molar-refractivity contribution < 1.29 is 0 Å². The van der Waals surface area contributed by atoms with Crippen molar-refractivity contribution >= 4 is 43.2 Å². The van der Waals surface area contributed by atoms with Gasteiger partial charge in [-0.05, 0) is 47.5 Å². The standard InChI is InChI=1S/C40H25N5S/c1-3-9-27(10-4-1)36-31-15-16-34-37(39(31)46-38(36)28-11-5-2-6-12-28)30-13-7-8-14-33(30)45(34)35-25-32(26-17-21-41-22-18-26)43-40(44-35)29-19-23-42-24-20-29/h1-25H. The van der Waals surface area contributed by atoms with Crippen LogP contribution in [0.3, 0.4) is 0 Å². The lowest BCUT2D eigenvalue weighted by molar-refractivity contribution is 1.05. The predicted molar refractivity (Wildman–Crippen MR) is 189 cm³/mol. The molecule has 216 valence electrons. The molecule has 9 aromatic rings. The normalized spacial score (nSPS) is 11.5. The first kappa shape index (κ1) is 26.4. The lowest BCUT2D eigenvalue weighted by Crippen LogP contribution is -2.02. The SMILES string of the molecule is c1ccc(-c2sc3c(ccc4c3c3ccccc3n4-c3cc(-c4ccncc4)nc(-c4ccncc4)n3)c2-c2ccccc2)cc1. The molecule has 5 heterocycles. The van der Waals surface area contributed by atoms with E-state index in [1.807, 2.05) is 35.6 Å². The van der Waals surface area contributed by atoms with E-state index in [0.29, 0.717) is 5.82 Å². The van der Waals surface area contributed by atoms with E-state index in [9.17, 15) is 0 Å². The molecule has 0 saturated carbocycles. The smallest absolute Gasteiger partial charge is 0.162 e. The van der Waals surface area contributed by atoms with Gasteiger partial charge in [0.05, 0.1) is 16.7 Å². The number of aromatic nitrogens is 5. The van der Waals surface area contributed by atoms with Crippen LogP contribution in [0.5, 0.6) is 0 Å². The Hall–Kier alpha value is -5.98. The molecular weight excluding hydrogens is 583 g/mol. The van der Waals surface area contributed by atoms with E-state index in [1.165, 1.54) is 42.4 Å². The fourth-order valence-corrected chi connectivity index (χ4v) is 7.77. The Balaban J connectivity index is 1.38. The van der Waals surface area contributed by atoms with E-state index < -0.39 is 0 Å². The summed E-state index contributed by atoms with van der Waals surface area (Å²) in [6.07, 6.45) is 7.15. The number of nitrogens with zero attached hydrogens (tertiary/aromatic N) is 5. The zero-order valence-electron chi connectivity index (χ0n) is 24.6. The molecule has 5 nitrogen and oxygen atoms in total. The quantitative estimate of drug-likeness (QED) is 0.195. The molecular formula is C40H25N5S. The van der Waals surface area contributed by atoms with Crippen LogP contribution >= 0.6 is 11.3 Å². The number of hydrogen-bond acceptors (Lipinski definition) is 5. The van der Waals surface area contributed by atoms with Crippen molar-refractivity contribution in [2.75, 3.05) is 0 Å². The Morgan fingerprint density at radius 2 is 1.15 bits per heavy atom. The van der Waals surface area contributed by atoms with Gasteiger partial charge in [-0.1, -0.05) is 84.9 Å². The third-order valence-electron chi connectivity index (χ3n) is 8.45. The van der Waals surface area contributed by atoms with Crippen molar-refractivity contribution in [1.29, 1.82) is 0 Å². The maximum absolute atomic E-state index is 5.18. The number of pyridine rings is 2. The molecule has 46 heavy (non-hydrogen) atoms. The zero-order valence-corrected chi connectivity index (χ0v) is 25.4. The summed E-state index contributed by atoms with van der Waals surface area (Å²) in [7, 11) is 0. The molecule has 0 N–H and O–H groups in total. The fraction of sp³-hybridized carbons (Fsp3) is 0. The van der Waals surface area contributed by atoms with Gasteiger partial charge in [0.2, 0.25) is 0 Å². The van der Waals surface area contributed by atoms with Crippen molar-refractivity contribution in [2.24, 2.45) is 0 Å². The van der Waals surface area contributed by atoms with Crippen LogP contribution in [0.4, 0.5) is 0 Å². The minimum atomic E-state index is 0.646. The van der Waals surface area contributed by atoms with Crippen LogP contribution in [-0.2, 0) is 0 Å². The summed E-state index contributed by atoms with van der Waals surface area (Å²) in [6.45, 7) is 0. The molecule has 0 aliphatic heterocycles. The minimum Gasteiger partial charge on any atom is -0.294 e. The highest BCUT2D eigenvalue weighted by atomic mass is 32.1. The van der Waals surface area contributed by atoms with E-state index in [1.54, 1.807) is 24.8 Å². The Kier molecular flexibility index (Phi) is 6.25. The van der Waals surface area contributed by atoms with Crippen LogP contribution in [0, 0.1) is 0 Å². The second-order valence-electron chi connectivity index (χ2n) is 11.1. The van der Waals surface area contributed by atoms with Crippen LogP contribution in [0.2, 0.25) is 0 Å². The van der Waals surface area contributed by atoms with E-state index >= 15 is 0 Å². The zero-order chi connectivity index (χ0) is 30.5. The topological polar surface area (TPSA) is 56.5 Å². The molecule has 0 atom stereocenters. The monoisotopic (exact) mass is 607 g/mol.